The molecule has 0 radical (unpaired) electrons. The van der Waals surface area contributed by atoms with Gasteiger partial charge >= 0.3 is 0 Å². The molecule has 0 aliphatic carbocycles. The van der Waals surface area contributed by atoms with E-state index in [-0.39, 0.29) is 11.8 Å². The largest absolute Gasteiger partial charge is 0.310 e. The Labute approximate surface area is 147 Å². The molecule has 0 bridgehead atoms. The molecule has 1 N–H and O–H groups in total. The number of rotatable bonds is 4. The van der Waals surface area contributed by atoms with Crippen LogP contribution in [0.3, 0.4) is 0 Å². The average molecular weight is 357 g/mol. The summed E-state index contributed by atoms with van der Waals surface area (Å²) in [5.41, 5.74) is 0.986. The van der Waals surface area contributed by atoms with Gasteiger partial charge in [0.2, 0.25) is 0 Å². The SMILES string of the molecule is Cc1cnc(NC(=O)c2ccccc2N(C)C(=O)c2cccs2)s1. The van der Waals surface area contributed by atoms with Crippen LogP contribution in [0.15, 0.2) is 48.0 Å². The summed E-state index contributed by atoms with van der Waals surface area (Å²) in [6.45, 7) is 1.93. The van der Waals surface area contributed by atoms with Gasteiger partial charge in [0.05, 0.1) is 16.1 Å². The van der Waals surface area contributed by atoms with Crippen LogP contribution >= 0.6 is 22.7 Å². The molecular formula is C17H15N3O2S2. The van der Waals surface area contributed by atoms with Crippen molar-refractivity contribution in [3.8, 4) is 0 Å². The number of carbonyl (C=O) groups is 2. The van der Waals surface area contributed by atoms with Crippen LogP contribution in [0.5, 0.6) is 0 Å². The van der Waals surface area contributed by atoms with Crippen LogP contribution in [0, 0.1) is 6.92 Å². The number of nitrogens with zero attached hydrogens (tertiary/aromatic N) is 2. The highest BCUT2D eigenvalue weighted by Crippen LogP contribution is 2.24. The van der Waals surface area contributed by atoms with Gasteiger partial charge in [-0.05, 0) is 30.5 Å². The van der Waals surface area contributed by atoms with Crippen molar-refractivity contribution in [2.75, 3.05) is 17.3 Å². The highest BCUT2D eigenvalue weighted by atomic mass is 32.1. The first kappa shape index (κ1) is 16.4. The van der Waals surface area contributed by atoms with Gasteiger partial charge in [0.25, 0.3) is 11.8 Å². The van der Waals surface area contributed by atoms with E-state index < -0.39 is 0 Å². The summed E-state index contributed by atoms with van der Waals surface area (Å²) < 4.78 is 0. The van der Waals surface area contributed by atoms with Crippen molar-refractivity contribution in [1.82, 2.24) is 4.98 Å². The number of hydrogen-bond acceptors (Lipinski definition) is 5. The molecular weight excluding hydrogens is 342 g/mol. The van der Waals surface area contributed by atoms with Gasteiger partial charge in [-0.1, -0.05) is 18.2 Å². The Morgan fingerprint density at radius 1 is 1.17 bits per heavy atom. The number of aromatic nitrogens is 1. The third-order valence-electron chi connectivity index (χ3n) is 3.39. The fraction of sp³-hybridized carbons (Fsp3) is 0.118. The molecule has 0 saturated carbocycles. The summed E-state index contributed by atoms with van der Waals surface area (Å²) in [5.74, 6) is -0.430. The number of hydrogen-bond donors (Lipinski definition) is 1. The molecule has 0 saturated heterocycles. The Morgan fingerprint density at radius 3 is 2.62 bits per heavy atom. The predicted molar refractivity (Wildman–Crippen MR) is 98.3 cm³/mol. The number of thiophene rings is 1. The van der Waals surface area contributed by atoms with Crippen molar-refractivity contribution < 1.29 is 9.59 Å². The standard InChI is InChI=1S/C17H15N3O2S2/c1-11-10-18-17(24-11)19-15(21)12-6-3-4-7-13(12)20(2)16(22)14-8-5-9-23-14/h3-10H,1-2H3,(H,18,19,21). The Balaban J connectivity index is 1.87. The van der Waals surface area contributed by atoms with E-state index in [1.165, 1.54) is 27.6 Å². The predicted octanol–water partition coefficient (Wildman–Crippen LogP) is 4.04. The van der Waals surface area contributed by atoms with E-state index in [1.54, 1.807) is 43.6 Å². The van der Waals surface area contributed by atoms with Crippen molar-refractivity contribution in [1.29, 1.82) is 0 Å². The van der Waals surface area contributed by atoms with Crippen LogP contribution in [0.1, 0.15) is 24.9 Å². The number of aryl methyl sites for hydroxylation is 1. The molecule has 2 aromatic heterocycles. The molecule has 2 heterocycles. The lowest BCUT2D eigenvalue weighted by Crippen LogP contribution is -2.28. The highest BCUT2D eigenvalue weighted by molar-refractivity contribution is 7.15. The van der Waals surface area contributed by atoms with Crippen molar-refractivity contribution in [3.05, 3.63) is 63.3 Å². The Morgan fingerprint density at radius 2 is 1.96 bits per heavy atom. The number of anilines is 2. The zero-order valence-electron chi connectivity index (χ0n) is 13.1. The van der Waals surface area contributed by atoms with Crippen molar-refractivity contribution in [3.63, 3.8) is 0 Å². The van der Waals surface area contributed by atoms with Gasteiger partial charge in [-0.2, -0.15) is 0 Å². The van der Waals surface area contributed by atoms with Crippen molar-refractivity contribution in [2.45, 2.75) is 6.92 Å². The summed E-state index contributed by atoms with van der Waals surface area (Å²) in [6, 6.07) is 10.6. The monoisotopic (exact) mass is 357 g/mol. The molecule has 0 aliphatic rings. The van der Waals surface area contributed by atoms with E-state index >= 15 is 0 Å². The van der Waals surface area contributed by atoms with Crippen LogP contribution in [-0.4, -0.2) is 23.8 Å². The summed E-state index contributed by atoms with van der Waals surface area (Å²) in [7, 11) is 1.67. The number of thiazole rings is 1. The first-order chi connectivity index (χ1) is 11.6. The number of amides is 2. The molecule has 122 valence electrons. The fourth-order valence-electron chi connectivity index (χ4n) is 2.21. The van der Waals surface area contributed by atoms with Crippen molar-refractivity contribution in [2.24, 2.45) is 0 Å². The molecule has 2 amide bonds. The minimum Gasteiger partial charge on any atom is -0.310 e. The second-order valence-corrected chi connectivity index (χ2v) is 7.27. The molecule has 3 aromatic rings. The fourth-order valence-corrected chi connectivity index (χ4v) is 3.57. The van der Waals surface area contributed by atoms with Gasteiger partial charge in [0, 0.05) is 18.1 Å². The van der Waals surface area contributed by atoms with E-state index in [4.69, 9.17) is 0 Å². The number of benzene rings is 1. The summed E-state index contributed by atoms with van der Waals surface area (Å²) in [6.07, 6.45) is 1.71. The topological polar surface area (TPSA) is 62.3 Å². The molecule has 1 aromatic carbocycles. The lowest BCUT2D eigenvalue weighted by Gasteiger charge is -2.19. The van der Waals surface area contributed by atoms with Gasteiger partial charge in [0.15, 0.2) is 5.13 Å². The Bertz CT molecular complexity index is 872. The molecule has 5 nitrogen and oxygen atoms in total. The van der Waals surface area contributed by atoms with Crippen LogP contribution in [0.25, 0.3) is 0 Å². The van der Waals surface area contributed by atoms with E-state index in [1.807, 2.05) is 18.4 Å². The van der Waals surface area contributed by atoms with Crippen LogP contribution in [-0.2, 0) is 0 Å². The van der Waals surface area contributed by atoms with E-state index in [0.717, 1.165) is 4.88 Å². The summed E-state index contributed by atoms with van der Waals surface area (Å²) in [5, 5.41) is 5.17. The lowest BCUT2D eigenvalue weighted by atomic mass is 10.1. The molecule has 0 fully saturated rings. The maximum absolute atomic E-state index is 12.6. The normalized spacial score (nSPS) is 10.4. The molecule has 24 heavy (non-hydrogen) atoms. The molecule has 0 aliphatic heterocycles. The van der Waals surface area contributed by atoms with Gasteiger partial charge in [-0.25, -0.2) is 4.98 Å². The van der Waals surface area contributed by atoms with Gasteiger partial charge in [-0.3, -0.25) is 14.9 Å². The zero-order chi connectivity index (χ0) is 17.1. The number of para-hydroxylation sites is 1. The smallest absolute Gasteiger partial charge is 0.268 e. The summed E-state index contributed by atoms with van der Waals surface area (Å²) in [4.78, 5) is 32.4. The summed E-state index contributed by atoms with van der Waals surface area (Å²) >= 11 is 2.78. The second-order valence-electron chi connectivity index (χ2n) is 5.09. The molecule has 3 rings (SSSR count). The molecule has 0 spiro atoms. The number of nitrogens with one attached hydrogen (secondary N) is 1. The van der Waals surface area contributed by atoms with E-state index in [0.29, 0.717) is 21.3 Å². The van der Waals surface area contributed by atoms with Gasteiger partial charge in [0.1, 0.15) is 0 Å². The minimum absolute atomic E-state index is 0.143. The highest BCUT2D eigenvalue weighted by Gasteiger charge is 2.20. The van der Waals surface area contributed by atoms with Crippen molar-refractivity contribution >= 4 is 45.3 Å². The van der Waals surface area contributed by atoms with Gasteiger partial charge in [-0.15, -0.1) is 22.7 Å². The average Bonchev–Trinajstić information content (AvgIpc) is 3.25. The van der Waals surface area contributed by atoms with E-state index in [2.05, 4.69) is 10.3 Å². The Kier molecular flexibility index (Phi) is 4.73. The lowest BCUT2D eigenvalue weighted by molar-refractivity contribution is 0.0996. The van der Waals surface area contributed by atoms with Crippen LogP contribution in [0.2, 0.25) is 0 Å². The minimum atomic E-state index is -0.286. The number of carbonyl (C=O) groups excluding carboxylic acids is 2. The molecule has 0 unspecified atom stereocenters. The van der Waals surface area contributed by atoms with Crippen LogP contribution < -0.4 is 10.2 Å². The quantitative estimate of drug-likeness (QED) is 0.766. The Hall–Kier alpha value is -2.51. The second kappa shape index (κ2) is 6.94. The zero-order valence-corrected chi connectivity index (χ0v) is 14.8. The maximum atomic E-state index is 12.6. The van der Waals surface area contributed by atoms with Gasteiger partial charge < -0.3 is 4.90 Å². The van der Waals surface area contributed by atoms with Crippen LogP contribution in [0.4, 0.5) is 10.8 Å². The first-order valence-corrected chi connectivity index (χ1v) is 8.90. The molecule has 7 heteroatoms. The van der Waals surface area contributed by atoms with E-state index in [9.17, 15) is 9.59 Å². The molecule has 0 atom stereocenters. The first-order valence-electron chi connectivity index (χ1n) is 7.20. The third kappa shape index (κ3) is 3.37. The maximum Gasteiger partial charge on any atom is 0.268 e. The third-order valence-corrected chi connectivity index (χ3v) is 5.07.